The molecular weight excluding hydrogens is 392 g/mol. The van der Waals surface area contributed by atoms with Crippen LogP contribution >= 0.6 is 11.6 Å². The van der Waals surface area contributed by atoms with Crippen molar-refractivity contribution in [3.05, 3.63) is 65.2 Å². The van der Waals surface area contributed by atoms with Crippen LogP contribution in [0.4, 0.5) is 5.82 Å². The largest absolute Gasteiger partial charge is 0.472 e. The molecule has 3 heterocycles. The van der Waals surface area contributed by atoms with E-state index in [1.807, 2.05) is 25.1 Å². The first-order chi connectivity index (χ1) is 14.0. The molecule has 1 saturated heterocycles. The molecule has 0 bridgehead atoms. The van der Waals surface area contributed by atoms with Gasteiger partial charge in [0, 0.05) is 30.1 Å². The Morgan fingerprint density at radius 3 is 2.69 bits per heavy atom. The maximum atomic E-state index is 12.8. The number of nitrogens with zero attached hydrogens (tertiary/aromatic N) is 3. The summed E-state index contributed by atoms with van der Waals surface area (Å²) in [6.45, 7) is 2.94. The van der Waals surface area contributed by atoms with Gasteiger partial charge in [-0.05, 0) is 44.0 Å². The molecule has 150 valence electrons. The predicted molar refractivity (Wildman–Crippen MR) is 109 cm³/mol. The smallest absolute Gasteiger partial charge is 0.257 e. The lowest BCUT2D eigenvalue weighted by Crippen LogP contribution is -2.41. The second kappa shape index (κ2) is 8.13. The highest BCUT2D eigenvalue weighted by atomic mass is 35.5. The summed E-state index contributed by atoms with van der Waals surface area (Å²) in [7, 11) is 0. The Kier molecular flexibility index (Phi) is 5.40. The number of piperidine rings is 1. The molecule has 1 aromatic carbocycles. The van der Waals surface area contributed by atoms with E-state index in [1.54, 1.807) is 27.8 Å². The molecule has 1 aliphatic heterocycles. The highest BCUT2D eigenvalue weighted by Gasteiger charge is 2.28. The van der Waals surface area contributed by atoms with Gasteiger partial charge in [-0.15, -0.1) is 0 Å². The number of aryl methyl sites for hydroxylation is 1. The van der Waals surface area contributed by atoms with Gasteiger partial charge < -0.3 is 14.6 Å². The van der Waals surface area contributed by atoms with Crippen LogP contribution in [-0.2, 0) is 4.79 Å². The number of aromatic nitrogens is 2. The topological polar surface area (TPSA) is 80.4 Å². The molecule has 0 spiro atoms. The number of halogens is 1. The van der Waals surface area contributed by atoms with Crippen molar-refractivity contribution in [3.63, 3.8) is 0 Å². The maximum Gasteiger partial charge on any atom is 0.257 e. The number of carbonyl (C=O) groups is 2. The Morgan fingerprint density at radius 1 is 1.21 bits per heavy atom. The van der Waals surface area contributed by atoms with Crippen molar-refractivity contribution in [1.29, 1.82) is 0 Å². The Labute approximate surface area is 173 Å². The van der Waals surface area contributed by atoms with Crippen LogP contribution in [0.15, 0.2) is 53.3 Å². The molecular formula is C21H21ClN4O3. The van der Waals surface area contributed by atoms with Gasteiger partial charge in [0.1, 0.15) is 12.1 Å². The Hall–Kier alpha value is -3.06. The minimum absolute atomic E-state index is 0.0627. The maximum absolute atomic E-state index is 12.8. The van der Waals surface area contributed by atoms with Crippen LogP contribution in [0.3, 0.4) is 0 Å². The summed E-state index contributed by atoms with van der Waals surface area (Å²) >= 11 is 6.09. The first-order valence-electron chi connectivity index (χ1n) is 9.46. The van der Waals surface area contributed by atoms with Gasteiger partial charge in [0.2, 0.25) is 5.91 Å². The van der Waals surface area contributed by atoms with E-state index in [1.165, 1.54) is 12.5 Å². The van der Waals surface area contributed by atoms with Crippen molar-refractivity contribution < 1.29 is 14.0 Å². The van der Waals surface area contributed by atoms with Crippen molar-refractivity contribution in [2.24, 2.45) is 5.92 Å². The van der Waals surface area contributed by atoms with Crippen LogP contribution < -0.4 is 5.32 Å². The minimum atomic E-state index is -0.161. The van der Waals surface area contributed by atoms with Gasteiger partial charge in [-0.2, -0.15) is 5.10 Å². The number of hydrogen-bond acceptors (Lipinski definition) is 4. The summed E-state index contributed by atoms with van der Waals surface area (Å²) in [6.07, 6.45) is 4.15. The van der Waals surface area contributed by atoms with Crippen LogP contribution in [0.2, 0.25) is 5.02 Å². The Bertz CT molecular complexity index is 1020. The van der Waals surface area contributed by atoms with Gasteiger partial charge >= 0.3 is 0 Å². The summed E-state index contributed by atoms with van der Waals surface area (Å²) in [5, 5.41) is 8.06. The van der Waals surface area contributed by atoms with E-state index < -0.39 is 0 Å². The van der Waals surface area contributed by atoms with Gasteiger partial charge in [0.25, 0.3) is 5.91 Å². The quantitative estimate of drug-likeness (QED) is 0.704. The van der Waals surface area contributed by atoms with E-state index >= 15 is 0 Å². The number of nitrogens with one attached hydrogen (secondary N) is 1. The third-order valence-electron chi connectivity index (χ3n) is 5.06. The fraction of sp³-hybridized carbons (Fsp3) is 0.286. The van der Waals surface area contributed by atoms with Crippen LogP contribution in [0.1, 0.15) is 28.9 Å². The number of rotatable bonds is 4. The molecule has 0 saturated carbocycles. The summed E-state index contributed by atoms with van der Waals surface area (Å²) in [5.74, 6) is 0.314. The fourth-order valence-corrected chi connectivity index (χ4v) is 3.72. The molecule has 29 heavy (non-hydrogen) atoms. The molecule has 4 rings (SSSR count). The average Bonchev–Trinajstić information content (AvgIpc) is 3.37. The van der Waals surface area contributed by atoms with E-state index in [4.69, 9.17) is 16.0 Å². The summed E-state index contributed by atoms with van der Waals surface area (Å²) in [4.78, 5) is 27.0. The highest BCUT2D eigenvalue weighted by molar-refractivity contribution is 6.30. The normalized spacial score (nSPS) is 14.8. The average molecular weight is 413 g/mol. The van der Waals surface area contributed by atoms with Gasteiger partial charge in [0.05, 0.1) is 23.2 Å². The van der Waals surface area contributed by atoms with E-state index in [9.17, 15) is 9.59 Å². The zero-order valence-corrected chi connectivity index (χ0v) is 16.7. The number of anilines is 1. The zero-order chi connectivity index (χ0) is 20.4. The van der Waals surface area contributed by atoms with Gasteiger partial charge in [-0.1, -0.05) is 17.7 Å². The van der Waals surface area contributed by atoms with Gasteiger partial charge in [-0.25, -0.2) is 4.68 Å². The molecule has 2 amide bonds. The van der Waals surface area contributed by atoms with Crippen LogP contribution in [0.5, 0.6) is 0 Å². The monoisotopic (exact) mass is 412 g/mol. The molecule has 1 N–H and O–H groups in total. The van der Waals surface area contributed by atoms with Crippen molar-refractivity contribution in [1.82, 2.24) is 14.7 Å². The van der Waals surface area contributed by atoms with Crippen molar-refractivity contribution in [3.8, 4) is 5.69 Å². The molecule has 1 aliphatic rings. The van der Waals surface area contributed by atoms with Crippen LogP contribution in [0, 0.1) is 12.8 Å². The molecule has 0 aliphatic carbocycles. The van der Waals surface area contributed by atoms with Crippen LogP contribution in [0.25, 0.3) is 5.69 Å². The molecule has 8 heteroatoms. The number of amides is 2. The summed E-state index contributed by atoms with van der Waals surface area (Å²) in [6, 6.07) is 10.8. The van der Waals surface area contributed by atoms with E-state index in [-0.39, 0.29) is 17.7 Å². The molecule has 7 nitrogen and oxygen atoms in total. The second-order valence-corrected chi connectivity index (χ2v) is 7.57. The predicted octanol–water partition coefficient (Wildman–Crippen LogP) is 3.92. The SMILES string of the molecule is Cc1cc(NC(=O)C2CCN(C(=O)c3ccoc3)CC2)n(-c2cccc(Cl)c2)n1. The first kappa shape index (κ1) is 19.3. The summed E-state index contributed by atoms with van der Waals surface area (Å²) < 4.78 is 6.66. The zero-order valence-electron chi connectivity index (χ0n) is 16.0. The first-order valence-corrected chi connectivity index (χ1v) is 9.84. The van der Waals surface area contributed by atoms with Gasteiger partial charge in [0.15, 0.2) is 0 Å². The molecule has 0 radical (unpaired) electrons. The Morgan fingerprint density at radius 2 is 2.00 bits per heavy atom. The lowest BCUT2D eigenvalue weighted by atomic mass is 9.95. The molecule has 0 atom stereocenters. The van der Waals surface area contributed by atoms with E-state index in [0.717, 1.165) is 11.4 Å². The fourth-order valence-electron chi connectivity index (χ4n) is 3.53. The number of benzene rings is 1. The number of hydrogen-bond donors (Lipinski definition) is 1. The molecule has 0 unspecified atom stereocenters. The number of carbonyl (C=O) groups excluding carboxylic acids is 2. The third kappa shape index (κ3) is 4.19. The van der Waals surface area contributed by atoms with Crippen LogP contribution in [-0.4, -0.2) is 39.6 Å². The number of likely N-dealkylation sites (tertiary alicyclic amines) is 1. The second-order valence-electron chi connectivity index (χ2n) is 7.13. The minimum Gasteiger partial charge on any atom is -0.472 e. The van der Waals surface area contributed by atoms with Crippen molar-refractivity contribution >= 4 is 29.2 Å². The van der Waals surface area contributed by atoms with E-state index in [0.29, 0.717) is 42.3 Å². The van der Waals surface area contributed by atoms with Crippen molar-refractivity contribution in [2.75, 3.05) is 18.4 Å². The van der Waals surface area contributed by atoms with E-state index in [2.05, 4.69) is 10.4 Å². The van der Waals surface area contributed by atoms with Gasteiger partial charge in [-0.3, -0.25) is 9.59 Å². The molecule has 2 aromatic heterocycles. The lowest BCUT2D eigenvalue weighted by Gasteiger charge is -2.31. The Balaban J connectivity index is 1.41. The molecule has 3 aromatic rings. The lowest BCUT2D eigenvalue weighted by molar-refractivity contribution is -0.121. The standard InChI is InChI=1S/C21H21ClN4O3/c1-14-11-19(26(24-14)18-4-2-3-17(22)12-18)23-20(27)15-5-8-25(9-6-15)21(28)16-7-10-29-13-16/h2-4,7,10-13,15H,5-6,8-9H2,1H3,(H,23,27). The highest BCUT2D eigenvalue weighted by Crippen LogP contribution is 2.24. The summed E-state index contributed by atoms with van der Waals surface area (Å²) in [5.41, 5.74) is 2.11. The van der Waals surface area contributed by atoms with Crippen molar-refractivity contribution in [2.45, 2.75) is 19.8 Å². The number of furan rings is 1. The third-order valence-corrected chi connectivity index (χ3v) is 5.29. The molecule has 1 fully saturated rings.